The number of oxime groups is 1. The van der Waals surface area contributed by atoms with Crippen LogP contribution in [0.4, 0.5) is 0 Å². The lowest BCUT2D eigenvalue weighted by Gasteiger charge is -2.11. The van der Waals surface area contributed by atoms with Crippen molar-refractivity contribution in [3.63, 3.8) is 0 Å². The fourth-order valence-electron chi connectivity index (χ4n) is 1.35. The molecule has 0 aliphatic carbocycles. The number of hydrogen-bond donors (Lipinski definition) is 2. The summed E-state index contributed by atoms with van der Waals surface area (Å²) in [6.45, 7) is 3.84. The van der Waals surface area contributed by atoms with Gasteiger partial charge in [-0.05, 0) is 37.1 Å². The van der Waals surface area contributed by atoms with Gasteiger partial charge in [0.25, 0.3) is 0 Å². The van der Waals surface area contributed by atoms with E-state index in [2.05, 4.69) is 5.16 Å². The van der Waals surface area contributed by atoms with Crippen LogP contribution >= 0.6 is 0 Å². The molecule has 1 aromatic rings. The van der Waals surface area contributed by atoms with E-state index in [1.807, 2.05) is 13.8 Å². The molecule has 0 spiro atoms. The third-order valence-corrected chi connectivity index (χ3v) is 2.34. The van der Waals surface area contributed by atoms with E-state index in [9.17, 15) is 0 Å². The molecule has 4 nitrogen and oxygen atoms in total. The first kappa shape index (κ1) is 10.4. The molecule has 0 atom stereocenters. The molecule has 0 bridgehead atoms. The first-order valence-corrected chi connectivity index (χ1v) is 4.24. The van der Waals surface area contributed by atoms with Crippen molar-refractivity contribution in [2.75, 3.05) is 7.11 Å². The van der Waals surface area contributed by atoms with Crippen LogP contribution < -0.4 is 10.5 Å². The van der Waals surface area contributed by atoms with Gasteiger partial charge in [0.15, 0.2) is 5.84 Å². The Hall–Kier alpha value is -1.71. The molecule has 0 fully saturated rings. The molecule has 0 amide bonds. The van der Waals surface area contributed by atoms with Crippen molar-refractivity contribution in [1.29, 1.82) is 0 Å². The monoisotopic (exact) mass is 194 g/mol. The zero-order chi connectivity index (χ0) is 10.7. The zero-order valence-electron chi connectivity index (χ0n) is 8.53. The predicted octanol–water partition coefficient (Wildman–Crippen LogP) is 1.41. The van der Waals surface area contributed by atoms with Crippen LogP contribution in [0.15, 0.2) is 17.3 Å². The summed E-state index contributed by atoms with van der Waals surface area (Å²) in [4.78, 5) is 0. The Morgan fingerprint density at radius 2 is 2.00 bits per heavy atom. The summed E-state index contributed by atoms with van der Waals surface area (Å²) in [5.74, 6) is 0.922. The summed E-state index contributed by atoms with van der Waals surface area (Å²) in [5.41, 5.74) is 8.20. The quantitative estimate of drug-likeness (QED) is 0.323. The molecule has 4 heteroatoms. The summed E-state index contributed by atoms with van der Waals surface area (Å²) in [6, 6.07) is 3.58. The average Bonchev–Trinajstić information content (AvgIpc) is 2.21. The second kappa shape index (κ2) is 4.00. The van der Waals surface area contributed by atoms with E-state index in [1.165, 1.54) is 0 Å². The molecular formula is C10H14N2O2. The lowest BCUT2D eigenvalue weighted by Crippen LogP contribution is -2.15. The third-order valence-electron chi connectivity index (χ3n) is 2.34. The van der Waals surface area contributed by atoms with Gasteiger partial charge in [0.2, 0.25) is 0 Å². The average molecular weight is 194 g/mol. The van der Waals surface area contributed by atoms with Crippen molar-refractivity contribution in [1.82, 2.24) is 0 Å². The minimum absolute atomic E-state index is 0.119. The smallest absolute Gasteiger partial charge is 0.170 e. The maximum atomic E-state index is 8.56. The SMILES string of the molecule is COc1ccc(/C(N)=N/O)c(C)c1C. The van der Waals surface area contributed by atoms with Gasteiger partial charge in [0.1, 0.15) is 5.75 Å². The zero-order valence-corrected chi connectivity index (χ0v) is 8.53. The van der Waals surface area contributed by atoms with Crippen LogP contribution in [-0.2, 0) is 0 Å². The molecule has 0 unspecified atom stereocenters. The van der Waals surface area contributed by atoms with Crippen molar-refractivity contribution >= 4 is 5.84 Å². The number of hydrogen-bond acceptors (Lipinski definition) is 3. The lowest BCUT2D eigenvalue weighted by atomic mass is 10.0. The van der Waals surface area contributed by atoms with E-state index in [-0.39, 0.29) is 5.84 Å². The van der Waals surface area contributed by atoms with Crippen LogP contribution in [-0.4, -0.2) is 18.2 Å². The predicted molar refractivity (Wildman–Crippen MR) is 55.0 cm³/mol. The van der Waals surface area contributed by atoms with Crippen molar-refractivity contribution in [3.8, 4) is 5.75 Å². The lowest BCUT2D eigenvalue weighted by molar-refractivity contribution is 0.318. The van der Waals surface area contributed by atoms with Crippen LogP contribution in [0, 0.1) is 13.8 Å². The van der Waals surface area contributed by atoms with E-state index >= 15 is 0 Å². The molecule has 1 aromatic carbocycles. The number of nitrogens with two attached hydrogens (primary N) is 1. The van der Waals surface area contributed by atoms with Gasteiger partial charge in [-0.3, -0.25) is 0 Å². The van der Waals surface area contributed by atoms with Crippen LogP contribution in [0.2, 0.25) is 0 Å². The largest absolute Gasteiger partial charge is 0.496 e. The van der Waals surface area contributed by atoms with E-state index in [0.717, 1.165) is 22.4 Å². The molecule has 0 aliphatic heterocycles. The molecule has 3 N–H and O–H groups in total. The van der Waals surface area contributed by atoms with Crippen LogP contribution in [0.1, 0.15) is 16.7 Å². The van der Waals surface area contributed by atoms with E-state index in [1.54, 1.807) is 19.2 Å². The number of methoxy groups -OCH3 is 1. The normalized spacial score (nSPS) is 11.5. The highest BCUT2D eigenvalue weighted by Crippen LogP contribution is 2.23. The van der Waals surface area contributed by atoms with Gasteiger partial charge < -0.3 is 15.7 Å². The molecule has 0 heterocycles. The van der Waals surface area contributed by atoms with Crippen molar-refractivity contribution < 1.29 is 9.94 Å². The highest BCUT2D eigenvalue weighted by molar-refractivity contribution is 5.98. The second-order valence-electron chi connectivity index (χ2n) is 3.05. The maximum Gasteiger partial charge on any atom is 0.170 e. The van der Waals surface area contributed by atoms with E-state index in [0.29, 0.717) is 0 Å². The summed E-state index contributed by atoms with van der Waals surface area (Å²) in [6.07, 6.45) is 0. The highest BCUT2D eigenvalue weighted by Gasteiger charge is 2.09. The Morgan fingerprint density at radius 3 is 2.50 bits per heavy atom. The van der Waals surface area contributed by atoms with Gasteiger partial charge in [0.05, 0.1) is 7.11 Å². The van der Waals surface area contributed by atoms with Crippen molar-refractivity contribution in [3.05, 3.63) is 28.8 Å². The summed E-state index contributed by atoms with van der Waals surface area (Å²) >= 11 is 0. The first-order valence-electron chi connectivity index (χ1n) is 4.24. The molecular weight excluding hydrogens is 180 g/mol. The molecule has 0 radical (unpaired) electrons. The van der Waals surface area contributed by atoms with Gasteiger partial charge in [-0.25, -0.2) is 0 Å². The van der Waals surface area contributed by atoms with Crippen LogP contribution in [0.25, 0.3) is 0 Å². The number of amidine groups is 1. The molecule has 0 saturated heterocycles. The molecule has 76 valence electrons. The van der Waals surface area contributed by atoms with Gasteiger partial charge in [0, 0.05) is 5.56 Å². The number of nitrogens with zero attached hydrogens (tertiary/aromatic N) is 1. The number of ether oxygens (including phenoxy) is 1. The van der Waals surface area contributed by atoms with Crippen LogP contribution in [0.5, 0.6) is 5.75 Å². The Bertz CT molecular complexity index is 373. The standard InChI is InChI=1S/C10H14N2O2/c1-6-7(2)9(14-3)5-4-8(6)10(11)12-13/h4-5,13H,1-3H3,(H2,11,12). The molecule has 0 aromatic heterocycles. The Morgan fingerprint density at radius 1 is 1.36 bits per heavy atom. The van der Waals surface area contributed by atoms with Gasteiger partial charge >= 0.3 is 0 Å². The fourth-order valence-corrected chi connectivity index (χ4v) is 1.35. The topological polar surface area (TPSA) is 67.8 Å². The number of rotatable bonds is 2. The molecule has 0 aliphatic rings. The van der Waals surface area contributed by atoms with Gasteiger partial charge in [-0.15, -0.1) is 0 Å². The summed E-state index contributed by atoms with van der Waals surface area (Å²) in [7, 11) is 1.62. The van der Waals surface area contributed by atoms with E-state index < -0.39 is 0 Å². The Balaban J connectivity index is 3.31. The number of benzene rings is 1. The second-order valence-corrected chi connectivity index (χ2v) is 3.05. The highest BCUT2D eigenvalue weighted by atomic mass is 16.5. The van der Waals surface area contributed by atoms with Crippen molar-refractivity contribution in [2.24, 2.45) is 10.9 Å². The fraction of sp³-hybridized carbons (Fsp3) is 0.300. The summed E-state index contributed by atoms with van der Waals surface area (Å²) in [5, 5.41) is 11.5. The van der Waals surface area contributed by atoms with E-state index in [4.69, 9.17) is 15.7 Å². The third kappa shape index (κ3) is 1.64. The minimum atomic E-state index is 0.119. The van der Waals surface area contributed by atoms with Crippen molar-refractivity contribution in [2.45, 2.75) is 13.8 Å². The Labute approximate surface area is 83.0 Å². The van der Waals surface area contributed by atoms with Gasteiger partial charge in [-0.2, -0.15) is 0 Å². The molecule has 1 rings (SSSR count). The van der Waals surface area contributed by atoms with Gasteiger partial charge in [-0.1, -0.05) is 5.16 Å². The van der Waals surface area contributed by atoms with Crippen LogP contribution in [0.3, 0.4) is 0 Å². The summed E-state index contributed by atoms with van der Waals surface area (Å²) < 4.78 is 5.15. The first-order chi connectivity index (χ1) is 6.61. The molecule has 14 heavy (non-hydrogen) atoms. The maximum absolute atomic E-state index is 8.56. The minimum Gasteiger partial charge on any atom is -0.496 e. The Kier molecular flexibility index (Phi) is 2.96. The molecule has 0 saturated carbocycles.